The molecular weight excluding hydrogens is 442 g/mol. The number of halogens is 1. The number of allylic oxidation sites excluding steroid dienone is 1. The lowest BCUT2D eigenvalue weighted by molar-refractivity contribution is -0.118. The molecule has 0 bridgehead atoms. The van der Waals surface area contributed by atoms with Gasteiger partial charge in [0.1, 0.15) is 0 Å². The van der Waals surface area contributed by atoms with Crippen molar-refractivity contribution in [3.05, 3.63) is 75.1 Å². The number of hydrogen-bond acceptors (Lipinski definition) is 4. The average molecular weight is 468 g/mol. The van der Waals surface area contributed by atoms with Crippen LogP contribution < -0.4 is 10.9 Å². The van der Waals surface area contributed by atoms with Crippen LogP contribution in [0.25, 0.3) is 16.6 Å². The fourth-order valence-corrected chi connectivity index (χ4v) is 4.85. The summed E-state index contributed by atoms with van der Waals surface area (Å²) in [6.07, 6.45) is 7.99. The van der Waals surface area contributed by atoms with Crippen molar-refractivity contribution < 1.29 is 4.79 Å². The average Bonchev–Trinajstić information content (AvgIpc) is 2.80. The molecule has 2 aromatic carbocycles. The summed E-state index contributed by atoms with van der Waals surface area (Å²) in [5, 5.41) is 4.57. The number of nitrogens with one attached hydrogen (secondary N) is 1. The Bertz CT molecular complexity index is 1240. The lowest BCUT2D eigenvalue weighted by atomic mass is 9.97. The summed E-state index contributed by atoms with van der Waals surface area (Å²) in [6.45, 7) is 2.55. The van der Waals surface area contributed by atoms with E-state index in [9.17, 15) is 9.59 Å². The number of benzene rings is 2. The predicted octanol–water partition coefficient (Wildman–Crippen LogP) is 5.45. The lowest BCUT2D eigenvalue weighted by Gasteiger charge is -2.15. The fourth-order valence-electron chi connectivity index (χ4n) is 3.83. The first kappa shape index (κ1) is 22.6. The Kier molecular flexibility index (Phi) is 7.33. The van der Waals surface area contributed by atoms with Gasteiger partial charge in [-0.25, -0.2) is 4.98 Å². The van der Waals surface area contributed by atoms with Gasteiger partial charge in [0.25, 0.3) is 5.56 Å². The highest BCUT2D eigenvalue weighted by atomic mass is 35.5. The molecule has 0 atom stereocenters. The van der Waals surface area contributed by atoms with E-state index in [0.717, 1.165) is 24.8 Å². The molecule has 1 aromatic heterocycles. The minimum absolute atomic E-state index is 0.0673. The maximum Gasteiger partial charge on any atom is 0.266 e. The molecule has 166 valence electrons. The van der Waals surface area contributed by atoms with Crippen molar-refractivity contribution in [2.45, 2.75) is 44.2 Å². The number of amides is 1. The van der Waals surface area contributed by atoms with Crippen LogP contribution in [0, 0.1) is 6.92 Å². The summed E-state index contributed by atoms with van der Waals surface area (Å²) in [6, 6.07) is 12.7. The van der Waals surface area contributed by atoms with E-state index in [0.29, 0.717) is 33.3 Å². The number of aromatic nitrogens is 2. The van der Waals surface area contributed by atoms with Crippen molar-refractivity contribution in [2.24, 2.45) is 0 Å². The molecule has 0 spiro atoms. The number of rotatable bonds is 7. The van der Waals surface area contributed by atoms with E-state index < -0.39 is 0 Å². The molecule has 3 aromatic rings. The maximum absolute atomic E-state index is 13.3. The zero-order valence-electron chi connectivity index (χ0n) is 18.1. The van der Waals surface area contributed by atoms with E-state index in [4.69, 9.17) is 11.6 Å². The Labute approximate surface area is 196 Å². The van der Waals surface area contributed by atoms with Gasteiger partial charge in [-0.2, -0.15) is 0 Å². The normalized spacial score (nSPS) is 13.8. The lowest BCUT2D eigenvalue weighted by Crippen LogP contribution is -2.27. The summed E-state index contributed by atoms with van der Waals surface area (Å²) in [4.78, 5) is 30.4. The SMILES string of the molecule is Cc1ccc(-n2c(SCC(=O)NCCC3=CCCCC3)nc3ccccc3c2=O)cc1Cl. The molecule has 1 heterocycles. The quantitative estimate of drug-likeness (QED) is 0.285. The largest absolute Gasteiger partial charge is 0.355 e. The third-order valence-corrected chi connectivity index (χ3v) is 6.99. The first-order valence-electron chi connectivity index (χ1n) is 10.9. The topological polar surface area (TPSA) is 64.0 Å². The molecule has 1 amide bonds. The first-order valence-corrected chi connectivity index (χ1v) is 12.2. The zero-order chi connectivity index (χ0) is 22.5. The number of para-hydroxylation sites is 1. The second kappa shape index (κ2) is 10.4. The van der Waals surface area contributed by atoms with Gasteiger partial charge in [-0.05, 0) is 68.9 Å². The predicted molar refractivity (Wildman–Crippen MR) is 132 cm³/mol. The second-order valence-corrected chi connectivity index (χ2v) is 9.33. The fraction of sp³-hybridized carbons (Fsp3) is 0.320. The van der Waals surface area contributed by atoms with Gasteiger partial charge >= 0.3 is 0 Å². The van der Waals surface area contributed by atoms with Crippen LogP contribution in [0.1, 0.15) is 37.7 Å². The molecule has 0 saturated heterocycles. The van der Waals surface area contributed by atoms with Gasteiger partial charge in [0, 0.05) is 11.6 Å². The number of carbonyl (C=O) groups is 1. The third kappa shape index (κ3) is 5.25. The molecule has 0 unspecified atom stereocenters. The molecule has 5 nitrogen and oxygen atoms in total. The van der Waals surface area contributed by atoms with Crippen LogP contribution in [0.15, 0.2) is 64.1 Å². The Morgan fingerprint density at radius 1 is 1.22 bits per heavy atom. The maximum atomic E-state index is 13.3. The van der Waals surface area contributed by atoms with Crippen LogP contribution in [0.3, 0.4) is 0 Å². The number of hydrogen-bond donors (Lipinski definition) is 1. The smallest absolute Gasteiger partial charge is 0.266 e. The summed E-state index contributed by atoms with van der Waals surface area (Å²) in [5.41, 5.74) is 3.43. The minimum Gasteiger partial charge on any atom is -0.355 e. The molecule has 0 radical (unpaired) electrons. The van der Waals surface area contributed by atoms with Gasteiger partial charge in [0.15, 0.2) is 5.16 Å². The van der Waals surface area contributed by atoms with Gasteiger partial charge in [0.05, 0.1) is 22.3 Å². The van der Waals surface area contributed by atoms with Crippen LogP contribution in [0.5, 0.6) is 0 Å². The van der Waals surface area contributed by atoms with Crippen LogP contribution >= 0.6 is 23.4 Å². The van der Waals surface area contributed by atoms with Gasteiger partial charge in [-0.3, -0.25) is 14.2 Å². The molecule has 1 aliphatic rings. The third-order valence-electron chi connectivity index (χ3n) is 5.64. The summed E-state index contributed by atoms with van der Waals surface area (Å²) in [7, 11) is 0. The highest BCUT2D eigenvalue weighted by Gasteiger charge is 2.15. The van der Waals surface area contributed by atoms with E-state index in [1.54, 1.807) is 16.7 Å². The van der Waals surface area contributed by atoms with Crippen LogP contribution in [-0.2, 0) is 4.79 Å². The summed E-state index contributed by atoms with van der Waals surface area (Å²) in [5.74, 6) is 0.117. The van der Waals surface area contributed by atoms with Crippen LogP contribution in [0.2, 0.25) is 5.02 Å². The van der Waals surface area contributed by atoms with Crippen molar-refractivity contribution in [1.82, 2.24) is 14.9 Å². The number of thioether (sulfide) groups is 1. The molecular formula is C25H26ClN3O2S. The van der Waals surface area contributed by atoms with Gasteiger partial charge < -0.3 is 5.32 Å². The van der Waals surface area contributed by atoms with Crippen LogP contribution in [0.4, 0.5) is 0 Å². The van der Waals surface area contributed by atoms with Crippen molar-refractivity contribution in [3.8, 4) is 5.69 Å². The van der Waals surface area contributed by atoms with Crippen LogP contribution in [-0.4, -0.2) is 27.8 Å². The van der Waals surface area contributed by atoms with Gasteiger partial charge in [0.2, 0.25) is 5.91 Å². The highest BCUT2D eigenvalue weighted by Crippen LogP contribution is 2.25. The molecule has 0 saturated carbocycles. The van der Waals surface area contributed by atoms with E-state index in [1.165, 1.54) is 30.2 Å². The van der Waals surface area contributed by atoms with Crippen molar-refractivity contribution in [3.63, 3.8) is 0 Å². The molecule has 4 rings (SSSR count). The molecule has 32 heavy (non-hydrogen) atoms. The molecule has 0 aliphatic heterocycles. The summed E-state index contributed by atoms with van der Waals surface area (Å²) >= 11 is 7.58. The number of fused-ring (bicyclic) bond motifs is 1. The standard InChI is InChI=1S/C25H26ClN3O2S/c1-17-11-12-19(15-21(17)26)29-24(31)20-9-5-6-10-22(20)28-25(29)32-16-23(30)27-14-13-18-7-3-2-4-8-18/h5-7,9-12,15H,2-4,8,13-14,16H2,1H3,(H,27,30). The second-order valence-electron chi connectivity index (χ2n) is 7.98. The van der Waals surface area contributed by atoms with E-state index in [-0.39, 0.29) is 17.2 Å². The Morgan fingerprint density at radius 3 is 2.84 bits per heavy atom. The van der Waals surface area contributed by atoms with Crippen molar-refractivity contribution >= 4 is 40.2 Å². The summed E-state index contributed by atoms with van der Waals surface area (Å²) < 4.78 is 1.54. The van der Waals surface area contributed by atoms with Gasteiger partial charge in [-0.15, -0.1) is 0 Å². The Hall–Kier alpha value is -2.57. The van der Waals surface area contributed by atoms with E-state index in [2.05, 4.69) is 16.4 Å². The molecule has 1 aliphatic carbocycles. The van der Waals surface area contributed by atoms with Crippen molar-refractivity contribution in [1.29, 1.82) is 0 Å². The number of nitrogens with zero attached hydrogens (tertiary/aromatic N) is 2. The Morgan fingerprint density at radius 2 is 2.06 bits per heavy atom. The first-order chi connectivity index (χ1) is 15.5. The zero-order valence-corrected chi connectivity index (χ0v) is 19.6. The van der Waals surface area contributed by atoms with E-state index in [1.807, 2.05) is 37.3 Å². The molecule has 1 N–H and O–H groups in total. The number of aryl methyl sites for hydroxylation is 1. The van der Waals surface area contributed by atoms with Crippen molar-refractivity contribution in [2.75, 3.05) is 12.3 Å². The Balaban J connectivity index is 1.54. The van der Waals surface area contributed by atoms with E-state index >= 15 is 0 Å². The molecule has 7 heteroatoms. The van der Waals surface area contributed by atoms with Gasteiger partial charge in [-0.1, -0.05) is 53.2 Å². The molecule has 0 fully saturated rings. The highest BCUT2D eigenvalue weighted by molar-refractivity contribution is 7.99. The number of carbonyl (C=O) groups excluding carboxylic acids is 1. The monoisotopic (exact) mass is 467 g/mol. The minimum atomic E-state index is -0.178.